The van der Waals surface area contributed by atoms with Crippen LogP contribution < -0.4 is 14.4 Å². The summed E-state index contributed by atoms with van der Waals surface area (Å²) in [7, 11) is -4.20. The summed E-state index contributed by atoms with van der Waals surface area (Å²) in [6, 6.07) is 31.2. The van der Waals surface area contributed by atoms with Crippen molar-refractivity contribution < 1.29 is 22.7 Å². The molecule has 0 saturated carbocycles. The number of ether oxygens (including phenoxy) is 1. The Hall–Kier alpha value is -4.63. The molecule has 46 heavy (non-hydrogen) atoms. The van der Waals surface area contributed by atoms with E-state index >= 15 is 0 Å². The highest BCUT2D eigenvalue weighted by molar-refractivity contribution is 7.92. The average molecular weight is 642 g/mol. The van der Waals surface area contributed by atoms with E-state index in [9.17, 15) is 18.0 Å². The van der Waals surface area contributed by atoms with E-state index in [-0.39, 0.29) is 29.7 Å². The standard InChI is InChI=1S/C37H43N3O5S/c1-5-45-33-20-22-34(23-21-33)46(43,44)40(32-18-16-29(4)17-19-32)27-36(41)39(26-31-14-10-7-11-15-31)35(37(42)38-25-28(2)3)24-30-12-8-6-9-13-30/h6-23,28,35H,5,24-27H2,1-4H3,(H,38,42)/t35-/m1/s1. The Morgan fingerprint density at radius 3 is 1.96 bits per heavy atom. The molecule has 0 bridgehead atoms. The molecule has 0 heterocycles. The summed E-state index contributed by atoms with van der Waals surface area (Å²) in [6.45, 7) is 8.28. The minimum absolute atomic E-state index is 0.0226. The summed E-state index contributed by atoms with van der Waals surface area (Å²) in [4.78, 5) is 29.9. The van der Waals surface area contributed by atoms with E-state index in [1.54, 1.807) is 36.4 Å². The molecule has 1 N–H and O–H groups in total. The summed E-state index contributed by atoms with van der Waals surface area (Å²) in [5.74, 6) is -0.0434. The van der Waals surface area contributed by atoms with Crippen LogP contribution in [0.15, 0.2) is 114 Å². The molecule has 0 aliphatic rings. The Kier molecular flexibility index (Phi) is 12.0. The van der Waals surface area contributed by atoms with Gasteiger partial charge < -0.3 is 15.0 Å². The van der Waals surface area contributed by atoms with Crippen molar-refractivity contribution in [1.82, 2.24) is 10.2 Å². The second-order valence-electron chi connectivity index (χ2n) is 11.6. The highest BCUT2D eigenvalue weighted by atomic mass is 32.2. The number of sulfonamides is 1. The molecule has 0 aromatic heterocycles. The van der Waals surface area contributed by atoms with Crippen LogP contribution in [0.3, 0.4) is 0 Å². The average Bonchev–Trinajstić information content (AvgIpc) is 3.06. The fraction of sp³-hybridized carbons (Fsp3) is 0.297. The van der Waals surface area contributed by atoms with Gasteiger partial charge in [0.2, 0.25) is 11.8 Å². The van der Waals surface area contributed by atoms with Crippen molar-refractivity contribution in [2.45, 2.75) is 51.6 Å². The van der Waals surface area contributed by atoms with Crippen LogP contribution in [0.4, 0.5) is 5.69 Å². The molecule has 0 radical (unpaired) electrons. The monoisotopic (exact) mass is 641 g/mol. The van der Waals surface area contributed by atoms with Crippen LogP contribution in [0.2, 0.25) is 0 Å². The molecule has 4 aromatic rings. The molecule has 8 nitrogen and oxygen atoms in total. The summed E-state index contributed by atoms with van der Waals surface area (Å²) in [5.41, 5.74) is 3.00. The molecule has 4 rings (SSSR count). The molecule has 0 unspecified atom stereocenters. The molecule has 2 amide bonds. The lowest BCUT2D eigenvalue weighted by Gasteiger charge is -2.34. The van der Waals surface area contributed by atoms with Crippen molar-refractivity contribution in [3.05, 3.63) is 126 Å². The van der Waals surface area contributed by atoms with Gasteiger partial charge in [-0.1, -0.05) is 92.2 Å². The lowest BCUT2D eigenvalue weighted by Crippen LogP contribution is -2.53. The van der Waals surface area contributed by atoms with Crippen molar-refractivity contribution in [1.29, 1.82) is 0 Å². The maximum atomic E-state index is 14.5. The zero-order valence-electron chi connectivity index (χ0n) is 26.9. The minimum Gasteiger partial charge on any atom is -0.494 e. The van der Waals surface area contributed by atoms with Crippen LogP contribution in [0.25, 0.3) is 0 Å². The fourth-order valence-electron chi connectivity index (χ4n) is 5.00. The van der Waals surface area contributed by atoms with Gasteiger partial charge in [-0.25, -0.2) is 8.42 Å². The molecule has 0 aliphatic carbocycles. The number of nitrogens with one attached hydrogen (secondary N) is 1. The number of carbonyl (C=O) groups excluding carboxylic acids is 2. The van der Waals surface area contributed by atoms with Crippen LogP contribution in [0.1, 0.15) is 37.5 Å². The Morgan fingerprint density at radius 2 is 1.39 bits per heavy atom. The molecule has 0 fully saturated rings. The minimum atomic E-state index is -4.20. The maximum Gasteiger partial charge on any atom is 0.264 e. The van der Waals surface area contributed by atoms with Gasteiger partial charge in [0, 0.05) is 19.5 Å². The van der Waals surface area contributed by atoms with Crippen LogP contribution in [-0.2, 0) is 32.6 Å². The maximum absolute atomic E-state index is 14.5. The predicted molar refractivity (Wildman–Crippen MR) is 182 cm³/mol. The Bertz CT molecular complexity index is 1660. The zero-order chi connectivity index (χ0) is 33.1. The highest BCUT2D eigenvalue weighted by Crippen LogP contribution is 2.27. The van der Waals surface area contributed by atoms with Crippen LogP contribution >= 0.6 is 0 Å². The summed E-state index contributed by atoms with van der Waals surface area (Å²) in [5, 5.41) is 3.01. The highest BCUT2D eigenvalue weighted by Gasteiger charge is 2.34. The summed E-state index contributed by atoms with van der Waals surface area (Å²) in [6.07, 6.45) is 0.263. The van der Waals surface area contributed by atoms with E-state index in [1.165, 1.54) is 17.0 Å². The molecule has 0 spiro atoms. The quantitative estimate of drug-likeness (QED) is 0.172. The van der Waals surface area contributed by atoms with E-state index in [0.717, 1.165) is 21.0 Å². The number of nitrogens with zero attached hydrogens (tertiary/aromatic N) is 2. The van der Waals surface area contributed by atoms with E-state index in [1.807, 2.05) is 88.4 Å². The Morgan fingerprint density at radius 1 is 0.804 bits per heavy atom. The van der Waals surface area contributed by atoms with Gasteiger partial charge in [0.1, 0.15) is 18.3 Å². The van der Waals surface area contributed by atoms with Crippen molar-refractivity contribution in [2.75, 3.05) is 24.0 Å². The molecular formula is C37H43N3O5S. The van der Waals surface area contributed by atoms with E-state index in [2.05, 4.69) is 5.32 Å². The zero-order valence-corrected chi connectivity index (χ0v) is 27.7. The molecule has 4 aromatic carbocycles. The van der Waals surface area contributed by atoms with Gasteiger partial charge in [0.05, 0.1) is 17.2 Å². The number of aryl methyl sites for hydroxylation is 1. The first-order chi connectivity index (χ1) is 22.1. The van der Waals surface area contributed by atoms with Gasteiger partial charge in [-0.2, -0.15) is 0 Å². The van der Waals surface area contributed by atoms with E-state index < -0.39 is 28.5 Å². The molecule has 242 valence electrons. The summed E-state index contributed by atoms with van der Waals surface area (Å²) < 4.78 is 35.0. The predicted octanol–water partition coefficient (Wildman–Crippen LogP) is 6.00. The first-order valence-electron chi connectivity index (χ1n) is 15.6. The van der Waals surface area contributed by atoms with Crippen LogP contribution in [-0.4, -0.2) is 50.9 Å². The number of amides is 2. The van der Waals surface area contributed by atoms with E-state index in [0.29, 0.717) is 24.6 Å². The Balaban J connectivity index is 1.77. The van der Waals surface area contributed by atoms with E-state index in [4.69, 9.17) is 4.74 Å². The lowest BCUT2D eigenvalue weighted by atomic mass is 10.0. The SMILES string of the molecule is CCOc1ccc(S(=O)(=O)N(CC(=O)N(Cc2ccccc2)[C@H](Cc2ccccc2)C(=O)NCC(C)C)c2ccc(C)cc2)cc1. The topological polar surface area (TPSA) is 96.0 Å². The molecule has 0 saturated heterocycles. The number of hydrogen-bond acceptors (Lipinski definition) is 5. The third-order valence-electron chi connectivity index (χ3n) is 7.47. The van der Waals surface area contributed by atoms with Crippen molar-refractivity contribution >= 4 is 27.5 Å². The molecule has 1 atom stereocenters. The van der Waals surface area contributed by atoms with Crippen molar-refractivity contribution in [3.63, 3.8) is 0 Å². The Labute approximate surface area is 273 Å². The van der Waals surface area contributed by atoms with Gasteiger partial charge in [0.15, 0.2) is 0 Å². The number of carbonyl (C=O) groups is 2. The lowest BCUT2D eigenvalue weighted by molar-refractivity contribution is -0.140. The van der Waals surface area contributed by atoms with Crippen molar-refractivity contribution in [2.24, 2.45) is 5.92 Å². The number of benzene rings is 4. The molecule has 9 heteroatoms. The number of anilines is 1. The molecular weight excluding hydrogens is 598 g/mol. The van der Waals surface area contributed by atoms with Gasteiger partial charge in [-0.05, 0) is 67.3 Å². The van der Waals surface area contributed by atoms with Gasteiger partial charge in [-0.15, -0.1) is 0 Å². The fourth-order valence-corrected chi connectivity index (χ4v) is 6.41. The number of hydrogen-bond donors (Lipinski definition) is 1. The summed E-state index contributed by atoms with van der Waals surface area (Å²) >= 11 is 0. The third-order valence-corrected chi connectivity index (χ3v) is 9.26. The number of rotatable bonds is 15. The van der Waals surface area contributed by atoms with Crippen molar-refractivity contribution in [3.8, 4) is 5.75 Å². The van der Waals surface area contributed by atoms with Gasteiger partial charge in [0.25, 0.3) is 10.0 Å². The normalized spacial score (nSPS) is 11.9. The second-order valence-corrected chi connectivity index (χ2v) is 13.5. The third kappa shape index (κ3) is 9.20. The van der Waals surface area contributed by atoms with Gasteiger partial charge >= 0.3 is 0 Å². The first kappa shape index (κ1) is 34.2. The largest absolute Gasteiger partial charge is 0.494 e. The molecule has 0 aliphatic heterocycles. The van der Waals surface area contributed by atoms with Crippen LogP contribution in [0.5, 0.6) is 5.75 Å². The second kappa shape index (κ2) is 16.1. The van der Waals surface area contributed by atoms with Crippen LogP contribution in [0, 0.1) is 12.8 Å². The smallest absolute Gasteiger partial charge is 0.264 e. The van der Waals surface area contributed by atoms with Gasteiger partial charge in [-0.3, -0.25) is 13.9 Å². The first-order valence-corrected chi connectivity index (χ1v) is 17.0.